The van der Waals surface area contributed by atoms with Crippen LogP contribution in [0, 0.1) is 5.92 Å². The summed E-state index contributed by atoms with van der Waals surface area (Å²) in [4.78, 5) is 6.90. The third-order valence-electron chi connectivity index (χ3n) is 4.48. The first-order valence-electron chi connectivity index (χ1n) is 10.7. The molecule has 0 saturated carbocycles. The van der Waals surface area contributed by atoms with Crippen LogP contribution in [0.4, 0.5) is 0 Å². The van der Waals surface area contributed by atoms with Gasteiger partial charge in [0, 0.05) is 33.1 Å². The molecule has 7 nitrogen and oxygen atoms in total. The van der Waals surface area contributed by atoms with Crippen molar-refractivity contribution in [2.24, 2.45) is 10.9 Å². The quantitative estimate of drug-likeness (QED) is 0.138. The van der Waals surface area contributed by atoms with Crippen LogP contribution in [0.3, 0.4) is 0 Å². The number of aromatic nitrogens is 3. The number of benzene rings is 1. The van der Waals surface area contributed by atoms with Crippen molar-refractivity contribution >= 4 is 41.7 Å². The average molecular weight is 561 g/mol. The molecule has 9 heteroatoms. The number of halogens is 1. The highest BCUT2D eigenvalue weighted by Crippen LogP contribution is 2.16. The molecule has 2 rings (SSSR count). The average Bonchev–Trinajstić information content (AvgIpc) is 3.11. The van der Waals surface area contributed by atoms with E-state index in [0.717, 1.165) is 61.7 Å². The van der Waals surface area contributed by atoms with Gasteiger partial charge in [0.2, 0.25) is 0 Å². The number of nitrogens with zero attached hydrogens (tertiary/aromatic N) is 5. The summed E-state index contributed by atoms with van der Waals surface area (Å²) in [6, 6.07) is 9.89. The van der Waals surface area contributed by atoms with Gasteiger partial charge in [0.05, 0.1) is 6.54 Å². The van der Waals surface area contributed by atoms with Gasteiger partial charge in [-0.05, 0) is 37.7 Å². The summed E-state index contributed by atoms with van der Waals surface area (Å²) in [5, 5.41) is 13.1. The number of hydrogen-bond acceptors (Lipinski definition) is 5. The lowest BCUT2D eigenvalue weighted by atomic mass is 10.2. The highest BCUT2D eigenvalue weighted by molar-refractivity contribution is 14.0. The van der Waals surface area contributed by atoms with E-state index in [1.54, 1.807) is 11.8 Å². The molecule has 0 saturated heterocycles. The molecule has 0 aliphatic rings. The minimum absolute atomic E-state index is 0. The molecule has 0 radical (unpaired) electrons. The predicted molar refractivity (Wildman–Crippen MR) is 141 cm³/mol. The van der Waals surface area contributed by atoms with Gasteiger partial charge in [-0.3, -0.25) is 4.99 Å². The molecule has 0 fully saturated rings. The Morgan fingerprint density at radius 3 is 2.65 bits per heavy atom. The van der Waals surface area contributed by atoms with Crippen molar-refractivity contribution in [2.45, 2.75) is 45.3 Å². The second-order valence-electron chi connectivity index (χ2n) is 7.53. The first-order chi connectivity index (χ1) is 14.5. The highest BCUT2D eigenvalue weighted by atomic mass is 127. The number of thioether (sulfide) groups is 1. The first-order valence-corrected chi connectivity index (χ1v) is 11.9. The molecule has 0 unspecified atom stereocenters. The summed E-state index contributed by atoms with van der Waals surface area (Å²) in [7, 11) is 2.04. The monoisotopic (exact) mass is 560 g/mol. The van der Waals surface area contributed by atoms with E-state index in [0.29, 0.717) is 12.5 Å². The van der Waals surface area contributed by atoms with Crippen molar-refractivity contribution in [1.29, 1.82) is 0 Å². The Morgan fingerprint density at radius 1 is 1.26 bits per heavy atom. The zero-order valence-corrected chi connectivity index (χ0v) is 22.5. The Morgan fingerprint density at radius 2 is 2.00 bits per heavy atom. The zero-order chi connectivity index (χ0) is 21.8. The molecule has 0 amide bonds. The van der Waals surface area contributed by atoms with E-state index in [1.165, 1.54) is 0 Å². The van der Waals surface area contributed by atoms with Crippen LogP contribution in [0.2, 0.25) is 0 Å². The van der Waals surface area contributed by atoms with E-state index in [-0.39, 0.29) is 24.0 Å². The van der Waals surface area contributed by atoms with Crippen molar-refractivity contribution in [2.75, 3.05) is 39.5 Å². The Labute approximate surface area is 208 Å². The molecule has 0 aliphatic heterocycles. The van der Waals surface area contributed by atoms with Gasteiger partial charge in [0.25, 0.3) is 0 Å². The number of guanidine groups is 1. The predicted octanol–water partition coefficient (Wildman–Crippen LogP) is 4.18. The fourth-order valence-electron chi connectivity index (χ4n) is 3.02. The molecule has 0 bridgehead atoms. The van der Waals surface area contributed by atoms with Gasteiger partial charge < -0.3 is 19.5 Å². The van der Waals surface area contributed by atoms with E-state index in [1.807, 2.05) is 37.4 Å². The SMILES string of the molecule is CCNC(=NCCCc1nnc(SC)n1CC(C)C)N(C)CCOc1ccccc1.I. The van der Waals surface area contributed by atoms with Gasteiger partial charge in [-0.25, -0.2) is 0 Å². The standard InChI is InChI=1S/C22H36N6OS.HI/c1-6-23-21(27(4)15-16-29-19-11-8-7-9-12-19)24-14-10-13-20-25-26-22(30-5)28(20)17-18(2)3;/h7-9,11-12,18H,6,10,13-17H2,1-5H3,(H,23,24);1H. The lowest BCUT2D eigenvalue weighted by Crippen LogP contribution is -2.41. The first kappa shape index (κ1) is 27.5. The number of ether oxygens (including phenoxy) is 1. The Balaban J connectivity index is 0.00000480. The van der Waals surface area contributed by atoms with Crippen LogP contribution in [0.25, 0.3) is 0 Å². The maximum Gasteiger partial charge on any atom is 0.193 e. The van der Waals surface area contributed by atoms with Crippen LogP contribution in [0.15, 0.2) is 40.5 Å². The van der Waals surface area contributed by atoms with Crippen molar-refractivity contribution in [1.82, 2.24) is 25.0 Å². The van der Waals surface area contributed by atoms with Crippen molar-refractivity contribution in [3.8, 4) is 5.75 Å². The second kappa shape index (κ2) is 15.3. The van der Waals surface area contributed by atoms with Crippen molar-refractivity contribution in [3.05, 3.63) is 36.2 Å². The lowest BCUT2D eigenvalue weighted by Gasteiger charge is -2.22. The number of para-hydroxylation sites is 1. The van der Waals surface area contributed by atoms with Gasteiger partial charge in [-0.15, -0.1) is 34.2 Å². The fraction of sp³-hybridized carbons (Fsp3) is 0.591. The number of likely N-dealkylation sites (N-methyl/N-ethyl adjacent to an activating group) is 1. The van der Waals surface area contributed by atoms with E-state index in [2.05, 4.69) is 52.0 Å². The molecule has 1 aromatic heterocycles. The minimum atomic E-state index is 0. The molecule has 1 N–H and O–H groups in total. The maximum absolute atomic E-state index is 5.80. The summed E-state index contributed by atoms with van der Waals surface area (Å²) >= 11 is 1.65. The molecule has 0 spiro atoms. The number of rotatable bonds is 12. The van der Waals surface area contributed by atoms with Gasteiger partial charge in [0.15, 0.2) is 11.1 Å². The number of nitrogens with one attached hydrogen (secondary N) is 1. The third kappa shape index (κ3) is 9.67. The van der Waals surface area contributed by atoms with Crippen LogP contribution in [0.1, 0.15) is 33.0 Å². The third-order valence-corrected chi connectivity index (χ3v) is 5.15. The molecule has 2 aromatic rings. The Kier molecular flexibility index (Phi) is 13.6. The summed E-state index contributed by atoms with van der Waals surface area (Å²) in [5.74, 6) is 3.42. The number of hydrogen-bond donors (Lipinski definition) is 1. The zero-order valence-electron chi connectivity index (χ0n) is 19.4. The van der Waals surface area contributed by atoms with Gasteiger partial charge >= 0.3 is 0 Å². The van der Waals surface area contributed by atoms with Crippen LogP contribution in [0.5, 0.6) is 5.75 Å². The van der Waals surface area contributed by atoms with E-state index in [4.69, 9.17) is 9.73 Å². The van der Waals surface area contributed by atoms with E-state index in [9.17, 15) is 0 Å². The molecular weight excluding hydrogens is 523 g/mol. The Hall–Kier alpha value is -1.49. The number of aliphatic imine (C=N–C) groups is 1. The molecule has 1 aromatic carbocycles. The largest absolute Gasteiger partial charge is 0.492 e. The summed E-state index contributed by atoms with van der Waals surface area (Å²) in [5.41, 5.74) is 0. The maximum atomic E-state index is 5.80. The van der Waals surface area contributed by atoms with Crippen LogP contribution >= 0.6 is 35.7 Å². The van der Waals surface area contributed by atoms with Crippen molar-refractivity contribution < 1.29 is 4.74 Å². The summed E-state index contributed by atoms with van der Waals surface area (Å²) < 4.78 is 8.05. The molecule has 0 atom stereocenters. The Bertz CT molecular complexity index is 769. The highest BCUT2D eigenvalue weighted by Gasteiger charge is 2.12. The van der Waals surface area contributed by atoms with Gasteiger partial charge in [0.1, 0.15) is 18.2 Å². The second-order valence-corrected chi connectivity index (χ2v) is 8.30. The minimum Gasteiger partial charge on any atom is -0.492 e. The molecule has 31 heavy (non-hydrogen) atoms. The smallest absolute Gasteiger partial charge is 0.193 e. The van der Waals surface area contributed by atoms with E-state index < -0.39 is 0 Å². The normalized spacial score (nSPS) is 11.4. The summed E-state index contributed by atoms with van der Waals surface area (Å²) in [6.45, 7) is 10.4. The fourth-order valence-corrected chi connectivity index (χ4v) is 3.54. The van der Waals surface area contributed by atoms with Crippen molar-refractivity contribution in [3.63, 3.8) is 0 Å². The van der Waals surface area contributed by atoms with Crippen LogP contribution < -0.4 is 10.1 Å². The van der Waals surface area contributed by atoms with Gasteiger partial charge in [-0.1, -0.05) is 43.8 Å². The van der Waals surface area contributed by atoms with Gasteiger partial charge in [-0.2, -0.15) is 0 Å². The summed E-state index contributed by atoms with van der Waals surface area (Å²) in [6.07, 6.45) is 3.87. The molecular formula is C22H37IN6OS. The number of aryl methyl sites for hydroxylation is 1. The van der Waals surface area contributed by atoms with E-state index >= 15 is 0 Å². The van der Waals surface area contributed by atoms with Crippen LogP contribution in [-0.2, 0) is 13.0 Å². The molecule has 1 heterocycles. The van der Waals surface area contributed by atoms with Crippen LogP contribution in [-0.4, -0.2) is 65.2 Å². The molecule has 174 valence electrons. The topological polar surface area (TPSA) is 67.6 Å². The lowest BCUT2D eigenvalue weighted by molar-refractivity contribution is 0.281. The molecule has 0 aliphatic carbocycles.